The van der Waals surface area contributed by atoms with Crippen LogP contribution in [0.1, 0.15) is 20.7 Å². The normalized spacial score (nSPS) is 9.76. The molecule has 0 fully saturated rings. The van der Waals surface area contributed by atoms with Gasteiger partial charge in [0, 0.05) is 0 Å². The predicted octanol–water partition coefficient (Wildman–Crippen LogP) is 4.97. The monoisotopic (exact) mass is 684 g/mol. The van der Waals surface area contributed by atoms with Crippen LogP contribution in [0.3, 0.4) is 0 Å². The fourth-order valence-corrected chi connectivity index (χ4v) is 12.3. The minimum absolute atomic E-state index is 0.331. The van der Waals surface area contributed by atoms with Gasteiger partial charge in [0.15, 0.2) is 0 Å². The zero-order valence-electron chi connectivity index (χ0n) is 20.1. The zero-order chi connectivity index (χ0) is 26.3. The molecule has 0 bridgehead atoms. The first kappa shape index (κ1) is 27.5. The Hall–Kier alpha value is -4.08. The van der Waals surface area contributed by atoms with Gasteiger partial charge in [-0.1, -0.05) is 36.4 Å². The molecule has 0 aliphatic rings. The Kier molecular flexibility index (Phi) is 11.2. The van der Waals surface area contributed by atoms with E-state index in [-0.39, 0.29) is 0 Å². The van der Waals surface area contributed by atoms with Crippen LogP contribution < -0.4 is 9.81 Å². The molecule has 0 heterocycles. The number of hydrogen-bond donors (Lipinski definition) is 2. The Morgan fingerprint density at radius 3 is 0.784 bits per heavy atom. The van der Waals surface area contributed by atoms with Crippen LogP contribution in [0.15, 0.2) is 152 Å². The van der Waals surface area contributed by atoms with Crippen molar-refractivity contribution in [3.8, 4) is 0 Å². The van der Waals surface area contributed by atoms with Gasteiger partial charge in [-0.15, -0.1) is 0 Å². The summed E-state index contributed by atoms with van der Waals surface area (Å²) in [7, 11) is 0. The van der Waals surface area contributed by atoms with E-state index in [1.807, 2.05) is 0 Å². The maximum absolute atomic E-state index is 10.2. The summed E-state index contributed by atoms with van der Waals surface area (Å²) in [5, 5.41) is 16.8. The van der Waals surface area contributed by atoms with E-state index in [0.29, 0.717) is 11.1 Å². The number of rotatable bonds is 5. The third-order valence-corrected chi connectivity index (χ3v) is 14.6. The molecule has 0 amide bonds. The van der Waals surface area contributed by atoms with E-state index in [4.69, 9.17) is 10.2 Å². The zero-order valence-corrected chi connectivity index (χ0v) is 23.6. The molecular formula is C32H27BiO4. The molecule has 37 heavy (non-hydrogen) atoms. The predicted molar refractivity (Wildman–Crippen MR) is 151 cm³/mol. The molecule has 0 spiro atoms. The van der Waals surface area contributed by atoms with Crippen molar-refractivity contribution >= 4 is 43.5 Å². The Morgan fingerprint density at radius 2 is 0.595 bits per heavy atom. The first-order valence-corrected chi connectivity index (χ1v) is 16.8. The van der Waals surface area contributed by atoms with Crippen LogP contribution in [-0.4, -0.2) is 43.9 Å². The molecule has 5 aromatic rings. The molecule has 4 nitrogen and oxygen atoms in total. The second-order valence-electron chi connectivity index (χ2n) is 7.68. The molecule has 0 aliphatic carbocycles. The molecule has 0 radical (unpaired) electrons. The van der Waals surface area contributed by atoms with Crippen LogP contribution in [0.4, 0.5) is 0 Å². The van der Waals surface area contributed by atoms with Crippen molar-refractivity contribution in [3.05, 3.63) is 163 Å². The van der Waals surface area contributed by atoms with Crippen LogP contribution in [0.5, 0.6) is 0 Å². The Morgan fingerprint density at radius 1 is 0.378 bits per heavy atom. The molecule has 5 aromatic carbocycles. The van der Waals surface area contributed by atoms with Crippen LogP contribution >= 0.6 is 0 Å². The average molecular weight is 685 g/mol. The molecule has 5 heteroatoms. The van der Waals surface area contributed by atoms with E-state index in [1.165, 1.54) is 9.81 Å². The van der Waals surface area contributed by atoms with Crippen molar-refractivity contribution in [1.29, 1.82) is 0 Å². The number of carbonyl (C=O) groups is 2. The van der Waals surface area contributed by atoms with E-state index in [2.05, 4.69) is 91.0 Å². The van der Waals surface area contributed by atoms with Crippen molar-refractivity contribution in [2.45, 2.75) is 0 Å². The fourth-order valence-electron chi connectivity index (χ4n) is 3.34. The molecule has 5 rings (SSSR count). The number of aromatic carboxylic acids is 2. The summed E-state index contributed by atoms with van der Waals surface area (Å²) in [6, 6.07) is 49.6. The van der Waals surface area contributed by atoms with Gasteiger partial charge in [0.05, 0.1) is 11.1 Å². The van der Waals surface area contributed by atoms with Crippen molar-refractivity contribution in [1.82, 2.24) is 0 Å². The molecule has 0 saturated heterocycles. The molecule has 0 saturated carbocycles. The topological polar surface area (TPSA) is 74.6 Å². The van der Waals surface area contributed by atoms with Crippen LogP contribution in [0.25, 0.3) is 0 Å². The number of hydrogen-bond acceptors (Lipinski definition) is 2. The van der Waals surface area contributed by atoms with Gasteiger partial charge in [-0.2, -0.15) is 0 Å². The maximum atomic E-state index is 10.2. The van der Waals surface area contributed by atoms with Crippen molar-refractivity contribution in [2.75, 3.05) is 0 Å². The van der Waals surface area contributed by atoms with Gasteiger partial charge in [0.25, 0.3) is 0 Å². The minimum atomic E-state index is -2.06. The van der Waals surface area contributed by atoms with Gasteiger partial charge in [0.1, 0.15) is 0 Å². The van der Waals surface area contributed by atoms with Crippen molar-refractivity contribution < 1.29 is 19.8 Å². The summed E-state index contributed by atoms with van der Waals surface area (Å²) >= 11 is -2.06. The fraction of sp³-hybridized carbons (Fsp3) is 0. The summed E-state index contributed by atoms with van der Waals surface area (Å²) in [4.78, 5) is 20.4. The van der Waals surface area contributed by atoms with E-state index in [9.17, 15) is 9.59 Å². The third kappa shape index (κ3) is 9.14. The van der Waals surface area contributed by atoms with Gasteiger partial charge >= 0.3 is 134 Å². The molecule has 184 valence electrons. The van der Waals surface area contributed by atoms with Crippen molar-refractivity contribution in [2.24, 2.45) is 0 Å². The molecular weight excluding hydrogens is 657 g/mol. The van der Waals surface area contributed by atoms with Crippen LogP contribution in [0, 0.1) is 0 Å². The van der Waals surface area contributed by atoms with E-state index < -0.39 is 33.7 Å². The number of benzene rings is 5. The standard InChI is InChI=1S/2C7H6O2.3C6H5.Bi/c2*8-7(9)6-4-2-1-3-5-6;3*1-2-4-6-5-3-1;/h2*1-5H,(H,8,9);3*1-5H;. The van der Waals surface area contributed by atoms with Gasteiger partial charge < -0.3 is 10.2 Å². The Balaban J connectivity index is 0.000000176. The first-order chi connectivity index (χ1) is 18.1. The Bertz CT molecular complexity index is 1200. The summed E-state index contributed by atoms with van der Waals surface area (Å²) in [5.74, 6) is -1.76. The molecule has 0 atom stereocenters. The second kappa shape index (κ2) is 15.1. The SMILES string of the molecule is O=C(O)c1ccccc1.O=C(O)c1ccccc1.c1cc[c]([Bi]([c]2ccccc2)[c]2ccccc2)cc1. The Labute approximate surface area is 225 Å². The quantitative estimate of drug-likeness (QED) is 0.257. The van der Waals surface area contributed by atoms with Crippen LogP contribution in [-0.2, 0) is 0 Å². The molecule has 0 aromatic heterocycles. The van der Waals surface area contributed by atoms with Crippen molar-refractivity contribution in [3.63, 3.8) is 0 Å². The van der Waals surface area contributed by atoms with Gasteiger partial charge in [0.2, 0.25) is 0 Å². The van der Waals surface area contributed by atoms with E-state index in [0.717, 1.165) is 0 Å². The number of carboxylic acid groups (broad SMARTS) is 2. The number of carboxylic acids is 2. The van der Waals surface area contributed by atoms with Gasteiger partial charge in [-0.25, -0.2) is 9.59 Å². The molecule has 0 aliphatic heterocycles. The molecule has 2 N–H and O–H groups in total. The summed E-state index contributed by atoms with van der Waals surface area (Å²) in [5.41, 5.74) is 0.662. The van der Waals surface area contributed by atoms with E-state index >= 15 is 0 Å². The summed E-state index contributed by atoms with van der Waals surface area (Å²) in [6.07, 6.45) is 0. The van der Waals surface area contributed by atoms with Gasteiger partial charge in [-0.05, 0) is 24.3 Å². The summed E-state index contributed by atoms with van der Waals surface area (Å²) in [6.45, 7) is 0. The first-order valence-electron chi connectivity index (χ1n) is 11.6. The summed E-state index contributed by atoms with van der Waals surface area (Å²) < 4.78 is 4.61. The van der Waals surface area contributed by atoms with E-state index in [1.54, 1.807) is 60.7 Å². The average Bonchev–Trinajstić information content (AvgIpc) is 2.97. The van der Waals surface area contributed by atoms with Gasteiger partial charge in [-0.3, -0.25) is 0 Å². The second-order valence-corrected chi connectivity index (χ2v) is 16.3. The van der Waals surface area contributed by atoms with Crippen LogP contribution in [0.2, 0.25) is 0 Å². The molecule has 0 unspecified atom stereocenters. The third-order valence-electron chi connectivity index (χ3n) is 5.08.